The third-order valence-corrected chi connectivity index (χ3v) is 4.41. The highest BCUT2D eigenvalue weighted by atomic mass is 16.3. The summed E-state index contributed by atoms with van der Waals surface area (Å²) in [7, 11) is 0. The van der Waals surface area contributed by atoms with Gasteiger partial charge in [0, 0.05) is 22.1 Å². The second-order valence-electron chi connectivity index (χ2n) is 6.00. The van der Waals surface area contributed by atoms with Crippen molar-refractivity contribution in [1.82, 2.24) is 0 Å². The highest BCUT2D eigenvalue weighted by Crippen LogP contribution is 2.31. The van der Waals surface area contributed by atoms with Gasteiger partial charge < -0.3 is 9.73 Å². The Hall–Kier alpha value is -3.26. The Kier molecular flexibility index (Phi) is 2.83. The monoisotopic (exact) mass is 309 g/mol. The maximum atomic E-state index is 5.89. The lowest BCUT2D eigenvalue weighted by molar-refractivity contribution is 0.669. The first-order valence-electron chi connectivity index (χ1n) is 8.04. The van der Waals surface area contributed by atoms with Gasteiger partial charge in [0.05, 0.1) is 0 Å². The van der Waals surface area contributed by atoms with Crippen molar-refractivity contribution in [3.8, 4) is 0 Å². The first-order valence-corrected chi connectivity index (χ1v) is 8.04. The molecule has 2 nitrogen and oxygen atoms in total. The third kappa shape index (κ3) is 2.12. The van der Waals surface area contributed by atoms with E-state index in [1.807, 2.05) is 24.3 Å². The summed E-state index contributed by atoms with van der Waals surface area (Å²) in [5, 5.41) is 8.27. The van der Waals surface area contributed by atoms with Gasteiger partial charge in [-0.15, -0.1) is 0 Å². The summed E-state index contributed by atoms with van der Waals surface area (Å²) >= 11 is 0. The van der Waals surface area contributed by atoms with E-state index in [-0.39, 0.29) is 0 Å². The van der Waals surface area contributed by atoms with Crippen LogP contribution in [0.4, 0.5) is 11.4 Å². The zero-order chi connectivity index (χ0) is 15.9. The quantitative estimate of drug-likeness (QED) is 0.403. The van der Waals surface area contributed by atoms with Gasteiger partial charge in [0.15, 0.2) is 0 Å². The van der Waals surface area contributed by atoms with Crippen molar-refractivity contribution in [3.05, 3.63) is 84.9 Å². The van der Waals surface area contributed by atoms with Gasteiger partial charge in [0.1, 0.15) is 11.2 Å². The zero-order valence-corrected chi connectivity index (χ0v) is 13.0. The average Bonchev–Trinajstić information content (AvgIpc) is 3.00. The number of nitrogens with one attached hydrogen (secondary N) is 1. The van der Waals surface area contributed by atoms with E-state index in [0.29, 0.717) is 0 Å². The molecule has 1 heterocycles. The number of hydrogen-bond acceptors (Lipinski definition) is 2. The van der Waals surface area contributed by atoms with Gasteiger partial charge in [-0.1, -0.05) is 48.5 Å². The first kappa shape index (κ1) is 13.2. The van der Waals surface area contributed by atoms with Crippen molar-refractivity contribution in [2.24, 2.45) is 0 Å². The van der Waals surface area contributed by atoms with Crippen LogP contribution in [0.1, 0.15) is 0 Å². The van der Waals surface area contributed by atoms with E-state index in [1.54, 1.807) is 0 Å². The molecule has 0 amide bonds. The first-order chi connectivity index (χ1) is 11.9. The molecule has 0 aliphatic heterocycles. The molecule has 5 rings (SSSR count). The SMILES string of the molecule is c1ccc2cc(Nc3ccc4oc5ccccc5c4c3)ccc2c1. The van der Waals surface area contributed by atoms with Gasteiger partial charge in [-0.05, 0) is 47.2 Å². The molecule has 114 valence electrons. The molecule has 0 bridgehead atoms. The largest absolute Gasteiger partial charge is 0.456 e. The van der Waals surface area contributed by atoms with E-state index >= 15 is 0 Å². The van der Waals surface area contributed by atoms with Crippen LogP contribution in [0.3, 0.4) is 0 Å². The fraction of sp³-hybridized carbons (Fsp3) is 0. The lowest BCUT2D eigenvalue weighted by Gasteiger charge is -2.08. The molecule has 0 unspecified atom stereocenters. The molecule has 5 aromatic rings. The zero-order valence-electron chi connectivity index (χ0n) is 13.0. The van der Waals surface area contributed by atoms with Crippen LogP contribution in [0.2, 0.25) is 0 Å². The molecule has 0 aliphatic carbocycles. The number of anilines is 2. The lowest BCUT2D eigenvalue weighted by Crippen LogP contribution is -1.89. The topological polar surface area (TPSA) is 25.2 Å². The second-order valence-corrected chi connectivity index (χ2v) is 6.00. The Morgan fingerprint density at radius 3 is 2.21 bits per heavy atom. The Bertz CT molecular complexity index is 1190. The molecule has 0 atom stereocenters. The predicted octanol–water partition coefficient (Wildman–Crippen LogP) is 6.48. The number of benzene rings is 4. The van der Waals surface area contributed by atoms with Gasteiger partial charge in [-0.2, -0.15) is 0 Å². The van der Waals surface area contributed by atoms with Crippen LogP contribution in [0.25, 0.3) is 32.7 Å². The molecule has 4 aromatic carbocycles. The molecule has 0 radical (unpaired) electrons. The molecular weight excluding hydrogens is 294 g/mol. The van der Waals surface area contributed by atoms with Crippen LogP contribution in [0, 0.1) is 0 Å². The van der Waals surface area contributed by atoms with E-state index in [4.69, 9.17) is 4.42 Å². The molecule has 1 aromatic heterocycles. The minimum Gasteiger partial charge on any atom is -0.456 e. The number of furan rings is 1. The average molecular weight is 309 g/mol. The van der Waals surface area contributed by atoms with Gasteiger partial charge >= 0.3 is 0 Å². The summed E-state index contributed by atoms with van der Waals surface area (Å²) in [4.78, 5) is 0. The van der Waals surface area contributed by atoms with Gasteiger partial charge in [-0.3, -0.25) is 0 Å². The fourth-order valence-electron chi connectivity index (χ4n) is 3.24. The van der Waals surface area contributed by atoms with Crippen molar-refractivity contribution < 1.29 is 4.42 Å². The van der Waals surface area contributed by atoms with Crippen molar-refractivity contribution in [2.75, 3.05) is 5.32 Å². The predicted molar refractivity (Wildman–Crippen MR) is 101 cm³/mol. The van der Waals surface area contributed by atoms with Crippen molar-refractivity contribution in [3.63, 3.8) is 0 Å². The maximum absolute atomic E-state index is 5.89. The molecule has 0 spiro atoms. The van der Waals surface area contributed by atoms with Crippen LogP contribution in [0.5, 0.6) is 0 Å². The van der Waals surface area contributed by atoms with E-state index in [0.717, 1.165) is 33.3 Å². The Labute approximate surface area is 139 Å². The van der Waals surface area contributed by atoms with Crippen LogP contribution in [-0.2, 0) is 0 Å². The van der Waals surface area contributed by atoms with E-state index in [1.165, 1.54) is 10.8 Å². The maximum Gasteiger partial charge on any atom is 0.135 e. The van der Waals surface area contributed by atoms with Gasteiger partial charge in [0.2, 0.25) is 0 Å². The molecule has 1 N–H and O–H groups in total. The van der Waals surface area contributed by atoms with Crippen LogP contribution < -0.4 is 5.32 Å². The number of rotatable bonds is 2. The molecule has 0 fully saturated rings. The Balaban J connectivity index is 1.59. The van der Waals surface area contributed by atoms with E-state index in [2.05, 4.69) is 66.0 Å². The molecule has 0 saturated heterocycles. The van der Waals surface area contributed by atoms with Gasteiger partial charge in [0.25, 0.3) is 0 Å². The minimum atomic E-state index is 0.917. The molecule has 2 heteroatoms. The summed E-state index contributed by atoms with van der Waals surface area (Å²) in [6.07, 6.45) is 0. The standard InChI is InChI=1S/C22H15NO/c1-2-6-16-13-17(10-9-15(16)5-1)23-18-11-12-22-20(14-18)19-7-3-4-8-21(19)24-22/h1-14,23H. The van der Waals surface area contributed by atoms with E-state index < -0.39 is 0 Å². The second kappa shape index (κ2) is 5.14. The summed E-state index contributed by atoms with van der Waals surface area (Å²) in [5.41, 5.74) is 3.99. The minimum absolute atomic E-state index is 0.917. The Morgan fingerprint density at radius 1 is 0.542 bits per heavy atom. The normalized spacial score (nSPS) is 11.3. The number of para-hydroxylation sites is 1. The van der Waals surface area contributed by atoms with Crippen LogP contribution in [0.15, 0.2) is 89.3 Å². The molecular formula is C22H15NO. The molecule has 0 aliphatic rings. The fourth-order valence-corrected chi connectivity index (χ4v) is 3.24. The summed E-state index contributed by atoms with van der Waals surface area (Å²) in [5.74, 6) is 0. The summed E-state index contributed by atoms with van der Waals surface area (Å²) in [6, 6.07) is 29.2. The summed E-state index contributed by atoms with van der Waals surface area (Å²) in [6.45, 7) is 0. The highest BCUT2D eigenvalue weighted by Gasteiger charge is 2.07. The van der Waals surface area contributed by atoms with Crippen molar-refractivity contribution in [2.45, 2.75) is 0 Å². The molecule has 24 heavy (non-hydrogen) atoms. The smallest absolute Gasteiger partial charge is 0.135 e. The van der Waals surface area contributed by atoms with Crippen LogP contribution >= 0.6 is 0 Å². The van der Waals surface area contributed by atoms with Crippen molar-refractivity contribution in [1.29, 1.82) is 0 Å². The summed E-state index contributed by atoms with van der Waals surface area (Å²) < 4.78 is 5.89. The number of hydrogen-bond donors (Lipinski definition) is 1. The number of fused-ring (bicyclic) bond motifs is 4. The van der Waals surface area contributed by atoms with Crippen molar-refractivity contribution >= 4 is 44.1 Å². The van der Waals surface area contributed by atoms with Gasteiger partial charge in [-0.25, -0.2) is 0 Å². The van der Waals surface area contributed by atoms with E-state index in [9.17, 15) is 0 Å². The highest BCUT2D eigenvalue weighted by molar-refractivity contribution is 6.06. The lowest BCUT2D eigenvalue weighted by atomic mass is 10.1. The van der Waals surface area contributed by atoms with Crippen LogP contribution in [-0.4, -0.2) is 0 Å². The Morgan fingerprint density at radius 2 is 1.25 bits per heavy atom. The molecule has 0 saturated carbocycles. The third-order valence-electron chi connectivity index (χ3n) is 4.41.